The molecule has 122 valence electrons. The van der Waals surface area contributed by atoms with Crippen LogP contribution in [0.25, 0.3) is 11.1 Å². The van der Waals surface area contributed by atoms with Crippen LogP contribution in [0.4, 0.5) is 13.2 Å². The quantitative estimate of drug-likeness (QED) is 0.582. The molecule has 1 saturated heterocycles. The molecule has 0 radical (unpaired) electrons. The van der Waals surface area contributed by atoms with E-state index in [-0.39, 0.29) is 6.42 Å². The molecule has 0 unspecified atom stereocenters. The van der Waals surface area contributed by atoms with Crippen LogP contribution in [-0.4, -0.2) is 23.7 Å². The van der Waals surface area contributed by atoms with Gasteiger partial charge in [0.1, 0.15) is 6.04 Å². The van der Waals surface area contributed by atoms with Crippen molar-refractivity contribution in [3.8, 4) is 11.1 Å². The molecule has 0 bridgehead atoms. The van der Waals surface area contributed by atoms with Gasteiger partial charge in [0, 0.05) is 10.1 Å². The first-order valence-corrected chi connectivity index (χ1v) is 8.67. The average molecular weight is 431 g/mol. The minimum absolute atomic E-state index is 0.202. The summed E-state index contributed by atoms with van der Waals surface area (Å²) in [6.07, 6.45) is -3.34. The van der Waals surface area contributed by atoms with Gasteiger partial charge in [0.15, 0.2) is 0 Å². The molecule has 3 rings (SSSR count). The Morgan fingerprint density at radius 2 is 1.83 bits per heavy atom. The molecule has 1 nitrogen and oxygen atoms in total. The first-order valence-electron chi connectivity index (χ1n) is 7.60. The summed E-state index contributed by atoms with van der Waals surface area (Å²) in [6.45, 7) is 0.842. The fraction of sp³-hybridized carbons (Fsp3) is 0.333. The van der Waals surface area contributed by atoms with E-state index < -0.39 is 12.2 Å². The SMILES string of the molecule is FC(F)(F)[C@@H]1CCCN1Cc1cc(I)ccc1-c1ccccc1. The summed E-state index contributed by atoms with van der Waals surface area (Å²) in [7, 11) is 0. The van der Waals surface area contributed by atoms with Gasteiger partial charge in [0.2, 0.25) is 0 Å². The summed E-state index contributed by atoms with van der Waals surface area (Å²) in [5.41, 5.74) is 3.01. The third-order valence-electron chi connectivity index (χ3n) is 4.27. The van der Waals surface area contributed by atoms with E-state index in [1.54, 1.807) is 4.90 Å². The van der Waals surface area contributed by atoms with Gasteiger partial charge in [-0.25, -0.2) is 0 Å². The molecule has 0 aliphatic carbocycles. The van der Waals surface area contributed by atoms with E-state index >= 15 is 0 Å². The fourth-order valence-electron chi connectivity index (χ4n) is 3.20. The number of alkyl halides is 3. The zero-order valence-electron chi connectivity index (χ0n) is 12.5. The van der Waals surface area contributed by atoms with Gasteiger partial charge < -0.3 is 0 Å². The van der Waals surface area contributed by atoms with E-state index in [1.807, 2.05) is 48.5 Å². The summed E-state index contributed by atoms with van der Waals surface area (Å²) in [4.78, 5) is 1.57. The van der Waals surface area contributed by atoms with Crippen molar-refractivity contribution >= 4 is 22.6 Å². The molecule has 2 aromatic rings. The van der Waals surface area contributed by atoms with Crippen molar-refractivity contribution in [2.45, 2.75) is 31.6 Å². The number of hydrogen-bond acceptors (Lipinski definition) is 1. The Balaban J connectivity index is 1.92. The third-order valence-corrected chi connectivity index (χ3v) is 4.94. The number of nitrogens with zero attached hydrogens (tertiary/aromatic N) is 1. The molecule has 2 aromatic carbocycles. The van der Waals surface area contributed by atoms with Crippen molar-refractivity contribution in [2.75, 3.05) is 6.54 Å². The number of halogens is 4. The van der Waals surface area contributed by atoms with Crippen molar-refractivity contribution < 1.29 is 13.2 Å². The highest BCUT2D eigenvalue weighted by molar-refractivity contribution is 14.1. The average Bonchev–Trinajstić information content (AvgIpc) is 2.97. The predicted molar refractivity (Wildman–Crippen MR) is 94.1 cm³/mol. The topological polar surface area (TPSA) is 3.24 Å². The predicted octanol–water partition coefficient (Wildman–Crippen LogP) is 5.48. The van der Waals surface area contributed by atoms with Crippen LogP contribution in [0.3, 0.4) is 0 Å². The smallest absolute Gasteiger partial charge is 0.288 e. The molecule has 0 saturated carbocycles. The van der Waals surface area contributed by atoms with Crippen LogP contribution in [-0.2, 0) is 6.54 Å². The molecule has 0 aromatic heterocycles. The van der Waals surface area contributed by atoms with Crippen molar-refractivity contribution in [1.29, 1.82) is 0 Å². The Labute approximate surface area is 147 Å². The highest BCUT2D eigenvalue weighted by Gasteiger charge is 2.45. The van der Waals surface area contributed by atoms with Crippen LogP contribution in [0.1, 0.15) is 18.4 Å². The lowest BCUT2D eigenvalue weighted by molar-refractivity contribution is -0.177. The van der Waals surface area contributed by atoms with Crippen LogP contribution < -0.4 is 0 Å². The van der Waals surface area contributed by atoms with Crippen LogP contribution in [0, 0.1) is 3.57 Å². The Morgan fingerprint density at radius 1 is 1.09 bits per heavy atom. The molecular weight excluding hydrogens is 414 g/mol. The van der Waals surface area contributed by atoms with E-state index in [2.05, 4.69) is 22.6 Å². The maximum absolute atomic E-state index is 13.2. The van der Waals surface area contributed by atoms with Crippen molar-refractivity contribution in [2.24, 2.45) is 0 Å². The first kappa shape index (κ1) is 16.8. The highest BCUT2D eigenvalue weighted by atomic mass is 127. The Bertz CT molecular complexity index is 670. The number of benzene rings is 2. The maximum atomic E-state index is 13.2. The zero-order chi connectivity index (χ0) is 16.4. The molecule has 0 amide bonds. The lowest BCUT2D eigenvalue weighted by Crippen LogP contribution is -2.40. The van der Waals surface area contributed by atoms with Crippen LogP contribution >= 0.6 is 22.6 Å². The molecule has 0 spiro atoms. The number of hydrogen-bond donors (Lipinski definition) is 0. The molecule has 23 heavy (non-hydrogen) atoms. The molecule has 5 heteroatoms. The van der Waals surface area contributed by atoms with Gasteiger partial charge in [0.25, 0.3) is 0 Å². The van der Waals surface area contributed by atoms with Crippen molar-refractivity contribution in [3.05, 3.63) is 57.7 Å². The summed E-state index contributed by atoms with van der Waals surface area (Å²) >= 11 is 2.21. The Hall–Kier alpha value is -1.08. The minimum Gasteiger partial charge on any atom is -0.288 e. The van der Waals surface area contributed by atoms with E-state index in [4.69, 9.17) is 0 Å². The fourth-order valence-corrected chi connectivity index (χ4v) is 3.75. The second kappa shape index (κ2) is 6.81. The van der Waals surface area contributed by atoms with Gasteiger partial charge in [-0.15, -0.1) is 0 Å². The summed E-state index contributed by atoms with van der Waals surface area (Å²) in [5, 5.41) is 0. The zero-order valence-corrected chi connectivity index (χ0v) is 14.6. The van der Waals surface area contributed by atoms with E-state index in [0.717, 1.165) is 20.3 Å². The lowest BCUT2D eigenvalue weighted by Gasteiger charge is -2.27. The largest absolute Gasteiger partial charge is 0.404 e. The normalized spacial score (nSPS) is 19.2. The van der Waals surface area contributed by atoms with Gasteiger partial charge in [0.05, 0.1) is 0 Å². The van der Waals surface area contributed by atoms with E-state index in [9.17, 15) is 13.2 Å². The standard InChI is InChI=1S/C18H17F3IN/c19-18(20,21)17-7-4-10-23(17)12-14-11-15(22)8-9-16(14)13-5-2-1-3-6-13/h1-3,5-6,8-9,11,17H,4,7,10,12H2/t17-/m0/s1. The van der Waals surface area contributed by atoms with Crippen LogP contribution in [0.15, 0.2) is 48.5 Å². The lowest BCUT2D eigenvalue weighted by atomic mass is 9.99. The van der Waals surface area contributed by atoms with E-state index in [1.165, 1.54) is 0 Å². The summed E-state index contributed by atoms with van der Waals surface area (Å²) in [5.74, 6) is 0. The number of rotatable bonds is 3. The van der Waals surface area contributed by atoms with Gasteiger partial charge in [-0.3, -0.25) is 4.90 Å². The molecule has 1 heterocycles. The monoisotopic (exact) mass is 431 g/mol. The van der Waals surface area contributed by atoms with E-state index in [0.29, 0.717) is 19.5 Å². The summed E-state index contributed by atoms with van der Waals surface area (Å²) in [6, 6.07) is 14.5. The number of likely N-dealkylation sites (tertiary alicyclic amines) is 1. The maximum Gasteiger partial charge on any atom is 0.404 e. The third kappa shape index (κ3) is 3.88. The molecule has 1 atom stereocenters. The Kier molecular flexibility index (Phi) is 4.96. The molecule has 1 aliphatic rings. The first-order chi connectivity index (χ1) is 10.9. The Morgan fingerprint density at radius 3 is 2.52 bits per heavy atom. The van der Waals surface area contributed by atoms with Crippen molar-refractivity contribution in [3.63, 3.8) is 0 Å². The van der Waals surface area contributed by atoms with Crippen LogP contribution in [0.5, 0.6) is 0 Å². The minimum atomic E-state index is -4.15. The van der Waals surface area contributed by atoms with Crippen molar-refractivity contribution in [1.82, 2.24) is 4.90 Å². The molecule has 1 fully saturated rings. The molecular formula is C18H17F3IN. The highest BCUT2D eigenvalue weighted by Crippen LogP contribution is 2.35. The molecule has 0 N–H and O–H groups in total. The second-order valence-corrected chi connectivity index (χ2v) is 7.08. The van der Waals surface area contributed by atoms with Gasteiger partial charge in [-0.1, -0.05) is 36.4 Å². The van der Waals surface area contributed by atoms with Crippen LogP contribution in [0.2, 0.25) is 0 Å². The van der Waals surface area contributed by atoms with Gasteiger partial charge in [-0.2, -0.15) is 13.2 Å². The molecule has 1 aliphatic heterocycles. The summed E-state index contributed by atoms with van der Waals surface area (Å²) < 4.78 is 40.6. The second-order valence-electron chi connectivity index (χ2n) is 5.84. The van der Waals surface area contributed by atoms with Gasteiger partial charge >= 0.3 is 6.18 Å². The van der Waals surface area contributed by atoms with Gasteiger partial charge in [-0.05, 0) is 70.8 Å².